The van der Waals surface area contributed by atoms with Crippen LogP contribution in [-0.2, 0) is 4.74 Å². The quantitative estimate of drug-likeness (QED) is 0.291. The van der Waals surface area contributed by atoms with Gasteiger partial charge in [0, 0.05) is 37.8 Å². The average molecular weight is 477 g/mol. The van der Waals surface area contributed by atoms with Crippen LogP contribution >= 0.6 is 11.6 Å². The van der Waals surface area contributed by atoms with E-state index in [1.807, 2.05) is 25.1 Å². The molecule has 7 nitrogen and oxygen atoms in total. The van der Waals surface area contributed by atoms with Gasteiger partial charge in [0.25, 0.3) is 0 Å². The Morgan fingerprint density at radius 1 is 1.21 bits per heavy atom. The van der Waals surface area contributed by atoms with Crippen LogP contribution in [0.4, 0.5) is 15.8 Å². The van der Waals surface area contributed by atoms with Crippen LogP contribution in [0.1, 0.15) is 19.8 Å². The summed E-state index contributed by atoms with van der Waals surface area (Å²) in [4.78, 5) is 11.1. The lowest BCUT2D eigenvalue weighted by Gasteiger charge is -2.26. The highest BCUT2D eigenvalue weighted by Gasteiger charge is 2.10. The first-order chi connectivity index (χ1) is 16.1. The van der Waals surface area contributed by atoms with Crippen molar-refractivity contribution in [1.82, 2.24) is 4.90 Å². The van der Waals surface area contributed by atoms with Crippen LogP contribution in [0.25, 0.3) is 0 Å². The predicted octanol–water partition coefficient (Wildman–Crippen LogP) is 5.17. The molecule has 0 bridgehead atoms. The molecule has 0 saturated carbocycles. The van der Waals surface area contributed by atoms with E-state index in [-0.39, 0.29) is 5.02 Å². The van der Waals surface area contributed by atoms with E-state index in [2.05, 4.69) is 20.2 Å². The number of aliphatic imine (C=N–C) groups is 2. The summed E-state index contributed by atoms with van der Waals surface area (Å²) in [5.41, 5.74) is 1.35. The van der Waals surface area contributed by atoms with Gasteiger partial charge in [0.1, 0.15) is 18.0 Å². The third-order valence-electron chi connectivity index (χ3n) is 5.09. The standard InChI is InChI=1S/C24H30ClFN4O3/c1-3-24(29-19-5-7-21(26)20(25)15-19)28-17-27-18-6-8-22(23(16-18)31-2)33-12-4-9-30-10-13-32-14-11-30/h5-8,15-17H,3-4,9-14H2,1-2H3,(H,27,28,29). The number of nitrogens with zero attached hydrogens (tertiary/aromatic N) is 3. The molecule has 2 aromatic carbocycles. The number of nitrogens with one attached hydrogen (secondary N) is 1. The van der Waals surface area contributed by atoms with Crippen molar-refractivity contribution < 1.29 is 18.6 Å². The van der Waals surface area contributed by atoms with Crippen LogP contribution < -0.4 is 14.8 Å². The van der Waals surface area contributed by atoms with Gasteiger partial charge >= 0.3 is 0 Å². The molecule has 1 aliphatic heterocycles. The molecule has 3 rings (SSSR count). The van der Waals surface area contributed by atoms with Gasteiger partial charge in [-0.15, -0.1) is 0 Å². The molecule has 178 valence electrons. The molecule has 1 aliphatic rings. The van der Waals surface area contributed by atoms with Crippen LogP contribution in [-0.4, -0.2) is 63.6 Å². The number of anilines is 1. The Hall–Kier alpha value is -2.68. The number of amidine groups is 1. The summed E-state index contributed by atoms with van der Waals surface area (Å²) in [6.45, 7) is 7.12. The highest BCUT2D eigenvalue weighted by Crippen LogP contribution is 2.31. The molecule has 0 atom stereocenters. The lowest BCUT2D eigenvalue weighted by molar-refractivity contribution is 0.0357. The van der Waals surface area contributed by atoms with E-state index in [0.717, 1.165) is 39.3 Å². The molecule has 2 aromatic rings. The van der Waals surface area contributed by atoms with E-state index in [9.17, 15) is 4.39 Å². The summed E-state index contributed by atoms with van der Waals surface area (Å²) >= 11 is 5.83. The predicted molar refractivity (Wildman–Crippen MR) is 131 cm³/mol. The summed E-state index contributed by atoms with van der Waals surface area (Å²) in [6, 6.07) is 9.94. The second kappa shape index (κ2) is 13.1. The smallest absolute Gasteiger partial charge is 0.162 e. The number of rotatable bonds is 10. The minimum absolute atomic E-state index is 0.0552. The third kappa shape index (κ3) is 7.99. The maximum Gasteiger partial charge on any atom is 0.162 e. The fraction of sp³-hybridized carbons (Fsp3) is 0.417. The molecule has 0 aliphatic carbocycles. The SMILES string of the molecule is CC/C(=N\C=N/c1ccc(OCCCN2CCOCC2)c(OC)c1)Nc1ccc(F)c(Cl)c1. The lowest BCUT2D eigenvalue weighted by Crippen LogP contribution is -2.37. The van der Waals surface area contributed by atoms with E-state index >= 15 is 0 Å². The van der Waals surface area contributed by atoms with Crippen LogP contribution in [0.5, 0.6) is 11.5 Å². The fourth-order valence-corrected chi connectivity index (χ4v) is 3.45. The first kappa shape index (κ1) is 25.0. The van der Waals surface area contributed by atoms with E-state index < -0.39 is 5.82 Å². The van der Waals surface area contributed by atoms with Gasteiger partial charge in [-0.2, -0.15) is 0 Å². The first-order valence-corrected chi connectivity index (χ1v) is 11.4. The minimum atomic E-state index is -0.461. The van der Waals surface area contributed by atoms with Gasteiger partial charge in [0.05, 0.1) is 37.6 Å². The maximum atomic E-state index is 13.3. The maximum absolute atomic E-state index is 13.3. The first-order valence-electron chi connectivity index (χ1n) is 11.0. The number of ether oxygens (including phenoxy) is 3. The number of halogens is 2. The van der Waals surface area contributed by atoms with Gasteiger partial charge in [0.2, 0.25) is 0 Å². The van der Waals surface area contributed by atoms with E-state index in [4.69, 9.17) is 25.8 Å². The zero-order valence-corrected chi connectivity index (χ0v) is 19.8. The molecule has 33 heavy (non-hydrogen) atoms. The topological polar surface area (TPSA) is 67.7 Å². The Labute approximate surface area is 199 Å². The molecular formula is C24H30ClFN4O3. The van der Waals surface area contributed by atoms with Crippen LogP contribution in [0, 0.1) is 5.82 Å². The van der Waals surface area contributed by atoms with Crippen LogP contribution in [0.2, 0.25) is 5.02 Å². The number of methoxy groups -OCH3 is 1. The normalized spacial score (nSPS) is 15.1. The molecule has 1 saturated heterocycles. The Morgan fingerprint density at radius 2 is 2.03 bits per heavy atom. The van der Waals surface area contributed by atoms with Crippen molar-refractivity contribution in [2.24, 2.45) is 9.98 Å². The molecular weight excluding hydrogens is 447 g/mol. The Balaban J connectivity index is 1.54. The van der Waals surface area contributed by atoms with Crippen molar-refractivity contribution in [3.8, 4) is 11.5 Å². The zero-order valence-electron chi connectivity index (χ0n) is 19.0. The van der Waals surface area contributed by atoms with Gasteiger partial charge in [0.15, 0.2) is 11.5 Å². The Kier molecular flexibility index (Phi) is 9.93. The molecule has 1 heterocycles. The second-order valence-electron chi connectivity index (χ2n) is 7.42. The zero-order chi connectivity index (χ0) is 23.5. The molecule has 1 fully saturated rings. The summed E-state index contributed by atoms with van der Waals surface area (Å²) < 4.78 is 30.1. The van der Waals surface area contributed by atoms with Gasteiger partial charge in [-0.3, -0.25) is 4.90 Å². The summed E-state index contributed by atoms with van der Waals surface area (Å²) in [6.07, 6.45) is 3.04. The molecule has 0 spiro atoms. The molecule has 0 radical (unpaired) electrons. The monoisotopic (exact) mass is 476 g/mol. The summed E-state index contributed by atoms with van der Waals surface area (Å²) in [5, 5.41) is 3.17. The Bertz CT molecular complexity index is 965. The van der Waals surface area contributed by atoms with E-state index in [0.29, 0.717) is 41.7 Å². The van der Waals surface area contributed by atoms with E-state index in [1.165, 1.54) is 18.5 Å². The molecule has 0 aromatic heterocycles. The molecule has 0 unspecified atom stereocenters. The van der Waals surface area contributed by atoms with Gasteiger partial charge in [-0.05, 0) is 36.8 Å². The van der Waals surface area contributed by atoms with Crippen molar-refractivity contribution in [3.63, 3.8) is 0 Å². The van der Waals surface area contributed by atoms with Gasteiger partial charge < -0.3 is 19.5 Å². The van der Waals surface area contributed by atoms with Crippen LogP contribution in [0.3, 0.4) is 0 Å². The Morgan fingerprint density at radius 3 is 2.76 bits per heavy atom. The number of morpholine rings is 1. The summed E-state index contributed by atoms with van der Waals surface area (Å²) in [7, 11) is 1.61. The third-order valence-corrected chi connectivity index (χ3v) is 5.38. The van der Waals surface area contributed by atoms with Crippen molar-refractivity contribution in [2.75, 3.05) is 51.9 Å². The van der Waals surface area contributed by atoms with Crippen molar-refractivity contribution >= 4 is 35.1 Å². The largest absolute Gasteiger partial charge is 0.493 e. The number of hydrogen-bond acceptors (Lipinski definition) is 5. The average Bonchev–Trinajstić information content (AvgIpc) is 2.84. The molecule has 1 N–H and O–H groups in total. The lowest BCUT2D eigenvalue weighted by atomic mass is 10.3. The van der Waals surface area contributed by atoms with Crippen molar-refractivity contribution in [3.05, 3.63) is 47.2 Å². The number of hydrogen-bond donors (Lipinski definition) is 1. The van der Waals surface area contributed by atoms with Crippen LogP contribution in [0.15, 0.2) is 46.4 Å². The minimum Gasteiger partial charge on any atom is -0.493 e. The van der Waals surface area contributed by atoms with Crippen molar-refractivity contribution in [2.45, 2.75) is 19.8 Å². The highest BCUT2D eigenvalue weighted by molar-refractivity contribution is 6.31. The second-order valence-corrected chi connectivity index (χ2v) is 7.83. The molecule has 0 amide bonds. The highest BCUT2D eigenvalue weighted by atomic mass is 35.5. The van der Waals surface area contributed by atoms with Crippen molar-refractivity contribution in [1.29, 1.82) is 0 Å². The van der Waals surface area contributed by atoms with Gasteiger partial charge in [-0.1, -0.05) is 18.5 Å². The van der Waals surface area contributed by atoms with Gasteiger partial charge in [-0.25, -0.2) is 14.4 Å². The molecule has 9 heteroatoms. The fourth-order valence-electron chi connectivity index (χ4n) is 3.27. The summed E-state index contributed by atoms with van der Waals surface area (Å²) in [5.74, 6) is 1.52. The number of benzene rings is 2. The van der Waals surface area contributed by atoms with E-state index in [1.54, 1.807) is 13.2 Å².